The Morgan fingerprint density at radius 3 is 3.11 bits per heavy atom. The third kappa shape index (κ3) is 3.74. The molecule has 0 amide bonds. The van der Waals surface area contributed by atoms with Crippen molar-refractivity contribution in [2.75, 3.05) is 6.61 Å². The number of furan rings is 1. The number of hydrogen-bond donors (Lipinski definition) is 0. The van der Waals surface area contributed by atoms with Crippen LogP contribution < -0.4 is 0 Å². The molecule has 1 aliphatic rings. The first-order valence-corrected chi connectivity index (χ1v) is 6.24. The molecule has 1 aliphatic heterocycles. The predicted molar refractivity (Wildman–Crippen MR) is 65.9 cm³/mol. The van der Waals surface area contributed by atoms with Crippen molar-refractivity contribution in [1.82, 2.24) is 0 Å². The minimum Gasteiger partial charge on any atom is -0.466 e. The van der Waals surface area contributed by atoms with Gasteiger partial charge in [-0.2, -0.15) is 0 Å². The second-order valence-electron chi connectivity index (χ2n) is 4.43. The molecular weight excluding hydrogens is 232 g/mol. The van der Waals surface area contributed by atoms with Crippen LogP contribution in [0.2, 0.25) is 0 Å². The summed E-state index contributed by atoms with van der Waals surface area (Å²) in [5.74, 6) is 0.277. The van der Waals surface area contributed by atoms with Crippen LogP contribution in [0.15, 0.2) is 35.0 Å². The highest BCUT2D eigenvalue weighted by Gasteiger charge is 2.17. The average Bonchev–Trinajstić information content (AvgIpc) is 3.05. The zero-order valence-electron chi connectivity index (χ0n) is 10.4. The molecule has 0 aliphatic carbocycles. The number of rotatable bonds is 6. The Morgan fingerprint density at radius 1 is 1.56 bits per heavy atom. The predicted octanol–water partition coefficient (Wildman–Crippen LogP) is 2.84. The molecule has 98 valence electrons. The molecule has 0 aromatic carbocycles. The van der Waals surface area contributed by atoms with Gasteiger partial charge in [-0.15, -0.1) is 0 Å². The van der Waals surface area contributed by atoms with Crippen molar-refractivity contribution in [1.29, 1.82) is 0 Å². The molecule has 1 aromatic heterocycles. The van der Waals surface area contributed by atoms with E-state index >= 15 is 0 Å². The average molecular weight is 250 g/mol. The lowest BCUT2D eigenvalue weighted by Crippen LogP contribution is -2.10. The zero-order chi connectivity index (χ0) is 12.8. The Hall–Kier alpha value is -1.55. The molecule has 4 nitrogen and oxygen atoms in total. The van der Waals surface area contributed by atoms with Crippen molar-refractivity contribution < 1.29 is 18.7 Å². The second kappa shape index (κ2) is 6.40. The maximum Gasteiger partial charge on any atom is 0.333 e. The van der Waals surface area contributed by atoms with Crippen LogP contribution in [0.1, 0.15) is 31.4 Å². The van der Waals surface area contributed by atoms with Gasteiger partial charge in [-0.25, -0.2) is 4.79 Å². The van der Waals surface area contributed by atoms with E-state index in [9.17, 15) is 4.79 Å². The van der Waals surface area contributed by atoms with Crippen LogP contribution >= 0.6 is 0 Å². The van der Waals surface area contributed by atoms with E-state index in [1.165, 1.54) is 0 Å². The van der Waals surface area contributed by atoms with E-state index in [0.717, 1.165) is 25.9 Å². The number of hydrogen-bond acceptors (Lipinski definition) is 4. The lowest BCUT2D eigenvalue weighted by molar-refractivity contribution is -0.141. The molecule has 1 atom stereocenters. The van der Waals surface area contributed by atoms with Gasteiger partial charge in [-0.05, 0) is 37.8 Å². The first-order chi connectivity index (χ1) is 8.75. The smallest absolute Gasteiger partial charge is 0.333 e. The molecule has 1 aromatic rings. The summed E-state index contributed by atoms with van der Waals surface area (Å²) in [6.07, 6.45) is 5.49. The van der Waals surface area contributed by atoms with E-state index in [0.29, 0.717) is 17.8 Å². The molecule has 0 saturated carbocycles. The molecule has 0 spiro atoms. The third-order valence-electron chi connectivity index (χ3n) is 3.01. The van der Waals surface area contributed by atoms with Gasteiger partial charge in [0.05, 0.1) is 12.4 Å². The molecule has 1 fully saturated rings. The number of esters is 1. The Labute approximate surface area is 107 Å². The van der Waals surface area contributed by atoms with Gasteiger partial charge in [-0.1, -0.05) is 6.58 Å². The maximum atomic E-state index is 11.6. The van der Waals surface area contributed by atoms with Gasteiger partial charge in [-0.3, -0.25) is 0 Å². The van der Waals surface area contributed by atoms with Gasteiger partial charge in [0.1, 0.15) is 12.4 Å². The number of carbonyl (C=O) groups is 1. The monoisotopic (exact) mass is 250 g/mol. The summed E-state index contributed by atoms with van der Waals surface area (Å²) in [4.78, 5) is 11.6. The van der Waals surface area contributed by atoms with E-state index in [2.05, 4.69) is 6.58 Å². The van der Waals surface area contributed by atoms with E-state index in [1.54, 1.807) is 18.4 Å². The summed E-state index contributed by atoms with van der Waals surface area (Å²) in [6, 6.07) is 3.53. The number of ether oxygens (including phenoxy) is 2. The highest BCUT2D eigenvalue weighted by molar-refractivity contribution is 5.87. The lowest BCUT2D eigenvalue weighted by atomic mass is 10.1. The van der Waals surface area contributed by atoms with E-state index in [4.69, 9.17) is 13.9 Å². The molecule has 18 heavy (non-hydrogen) atoms. The van der Waals surface area contributed by atoms with E-state index in [-0.39, 0.29) is 18.7 Å². The molecule has 2 heterocycles. The van der Waals surface area contributed by atoms with Gasteiger partial charge in [0.25, 0.3) is 0 Å². The summed E-state index contributed by atoms with van der Waals surface area (Å²) in [5, 5.41) is 0. The van der Waals surface area contributed by atoms with Crippen molar-refractivity contribution >= 4 is 5.97 Å². The van der Waals surface area contributed by atoms with E-state index in [1.807, 2.05) is 0 Å². The maximum absolute atomic E-state index is 11.6. The van der Waals surface area contributed by atoms with Crippen LogP contribution in [0.3, 0.4) is 0 Å². The topological polar surface area (TPSA) is 48.7 Å². The Kier molecular flexibility index (Phi) is 4.59. The molecule has 4 heteroatoms. The fraction of sp³-hybridized carbons (Fsp3) is 0.500. The molecule has 1 saturated heterocycles. The molecule has 0 N–H and O–H groups in total. The highest BCUT2D eigenvalue weighted by atomic mass is 16.5. The molecule has 0 bridgehead atoms. The molecule has 0 radical (unpaired) electrons. The van der Waals surface area contributed by atoms with Crippen LogP contribution in [0, 0.1) is 0 Å². The normalized spacial score (nSPS) is 18.8. The van der Waals surface area contributed by atoms with Gasteiger partial charge in [0.2, 0.25) is 0 Å². The van der Waals surface area contributed by atoms with Crippen molar-refractivity contribution in [3.05, 3.63) is 36.3 Å². The SMILES string of the molecule is C=C(CCC1CCCO1)C(=O)OCc1ccco1. The molecule has 1 unspecified atom stereocenters. The van der Waals surface area contributed by atoms with Crippen LogP contribution in [0.5, 0.6) is 0 Å². The first kappa shape index (κ1) is 12.9. The Bertz CT molecular complexity index is 388. The minimum atomic E-state index is -0.357. The van der Waals surface area contributed by atoms with Crippen molar-refractivity contribution in [2.24, 2.45) is 0 Å². The fourth-order valence-electron chi connectivity index (χ4n) is 1.94. The van der Waals surface area contributed by atoms with Gasteiger partial charge in [0.15, 0.2) is 0 Å². The number of carbonyl (C=O) groups excluding carboxylic acids is 1. The van der Waals surface area contributed by atoms with Gasteiger partial charge in [0, 0.05) is 12.2 Å². The van der Waals surface area contributed by atoms with Gasteiger partial charge >= 0.3 is 5.97 Å². The molecular formula is C14H18O4. The summed E-state index contributed by atoms with van der Waals surface area (Å²) in [5.41, 5.74) is 0.497. The zero-order valence-corrected chi connectivity index (χ0v) is 10.4. The second-order valence-corrected chi connectivity index (χ2v) is 4.43. The Morgan fingerprint density at radius 2 is 2.44 bits per heavy atom. The highest BCUT2D eigenvalue weighted by Crippen LogP contribution is 2.19. The fourth-order valence-corrected chi connectivity index (χ4v) is 1.94. The van der Waals surface area contributed by atoms with Crippen molar-refractivity contribution in [2.45, 2.75) is 38.4 Å². The van der Waals surface area contributed by atoms with Crippen LogP contribution in [-0.4, -0.2) is 18.7 Å². The van der Waals surface area contributed by atoms with Crippen LogP contribution in [-0.2, 0) is 20.9 Å². The summed E-state index contributed by atoms with van der Waals surface area (Å²) < 4.78 is 15.7. The largest absolute Gasteiger partial charge is 0.466 e. The van der Waals surface area contributed by atoms with Crippen molar-refractivity contribution in [3.63, 3.8) is 0 Å². The molecule has 2 rings (SSSR count). The van der Waals surface area contributed by atoms with Gasteiger partial charge < -0.3 is 13.9 Å². The first-order valence-electron chi connectivity index (χ1n) is 6.24. The quantitative estimate of drug-likeness (QED) is 0.575. The lowest BCUT2D eigenvalue weighted by Gasteiger charge is -2.10. The standard InChI is InChI=1S/C14H18O4/c1-11(6-7-12-4-2-8-16-12)14(15)18-10-13-5-3-9-17-13/h3,5,9,12H,1-2,4,6-8,10H2. The summed E-state index contributed by atoms with van der Waals surface area (Å²) >= 11 is 0. The summed E-state index contributed by atoms with van der Waals surface area (Å²) in [6.45, 7) is 4.75. The van der Waals surface area contributed by atoms with E-state index < -0.39 is 0 Å². The Balaban J connectivity index is 1.66. The third-order valence-corrected chi connectivity index (χ3v) is 3.01. The van der Waals surface area contributed by atoms with Crippen molar-refractivity contribution in [3.8, 4) is 0 Å². The van der Waals surface area contributed by atoms with Crippen LogP contribution in [0.4, 0.5) is 0 Å². The summed E-state index contributed by atoms with van der Waals surface area (Å²) in [7, 11) is 0. The minimum absolute atomic E-state index is 0.158. The van der Waals surface area contributed by atoms with Crippen LogP contribution in [0.25, 0.3) is 0 Å².